The van der Waals surface area contributed by atoms with Gasteiger partial charge in [-0.25, -0.2) is 0 Å². The Morgan fingerprint density at radius 1 is 1.25 bits per heavy atom. The zero-order valence-corrected chi connectivity index (χ0v) is 11.5. The Labute approximate surface area is 117 Å². The molecule has 3 nitrogen and oxygen atoms in total. The highest BCUT2D eigenvalue weighted by atomic mass is 19.4. The molecule has 0 aromatic rings. The van der Waals surface area contributed by atoms with Gasteiger partial charge >= 0.3 is 6.18 Å². The highest BCUT2D eigenvalue weighted by molar-refractivity contribution is 5.16. The molecule has 0 aliphatic heterocycles. The number of nitriles is 1. The van der Waals surface area contributed by atoms with E-state index in [2.05, 4.69) is 11.4 Å². The van der Waals surface area contributed by atoms with E-state index < -0.39 is 18.1 Å². The Morgan fingerprint density at radius 3 is 2.60 bits per heavy atom. The van der Waals surface area contributed by atoms with Gasteiger partial charge in [-0.2, -0.15) is 18.4 Å². The van der Waals surface area contributed by atoms with E-state index in [0.717, 1.165) is 32.1 Å². The highest BCUT2D eigenvalue weighted by Crippen LogP contribution is 2.40. The lowest BCUT2D eigenvalue weighted by Gasteiger charge is -2.30. The maximum Gasteiger partial charge on any atom is 0.391 e. The number of nitrogens with one attached hydrogen (secondary N) is 1. The van der Waals surface area contributed by atoms with E-state index in [9.17, 15) is 18.4 Å². The summed E-state index contributed by atoms with van der Waals surface area (Å²) < 4.78 is 41.0. The predicted octanol–water partition coefficient (Wildman–Crippen LogP) is 3.16. The van der Waals surface area contributed by atoms with Crippen molar-refractivity contribution in [1.29, 1.82) is 5.26 Å². The zero-order valence-electron chi connectivity index (χ0n) is 11.5. The number of rotatable bonds is 7. The van der Waals surface area contributed by atoms with Gasteiger partial charge in [-0.05, 0) is 38.0 Å². The van der Waals surface area contributed by atoms with Crippen molar-refractivity contribution in [2.45, 2.75) is 62.7 Å². The average molecular weight is 290 g/mol. The molecule has 2 rings (SSSR count). The summed E-state index contributed by atoms with van der Waals surface area (Å²) in [5, 5.41) is 12.9. The van der Waals surface area contributed by atoms with Crippen LogP contribution < -0.4 is 5.32 Å². The first-order valence-corrected chi connectivity index (χ1v) is 7.29. The third-order valence-corrected chi connectivity index (χ3v) is 4.20. The molecule has 2 aliphatic carbocycles. The summed E-state index contributed by atoms with van der Waals surface area (Å²) in [7, 11) is 0. The van der Waals surface area contributed by atoms with Crippen molar-refractivity contribution in [3.8, 4) is 6.07 Å². The SMILES string of the molecule is N#CC1(NC2CC2)CCCC1CCOCCC(F)(F)F. The Bertz CT molecular complexity index is 362. The third-order valence-electron chi connectivity index (χ3n) is 4.20. The van der Waals surface area contributed by atoms with Crippen molar-refractivity contribution in [1.82, 2.24) is 5.32 Å². The molecule has 0 aromatic heterocycles. The molecule has 0 amide bonds. The topological polar surface area (TPSA) is 45.0 Å². The van der Waals surface area contributed by atoms with Crippen molar-refractivity contribution in [3.63, 3.8) is 0 Å². The van der Waals surface area contributed by atoms with Gasteiger partial charge in [0, 0.05) is 12.6 Å². The lowest BCUT2D eigenvalue weighted by atomic mass is 9.86. The first-order valence-electron chi connectivity index (χ1n) is 7.29. The molecule has 2 atom stereocenters. The summed E-state index contributed by atoms with van der Waals surface area (Å²) in [5.74, 6) is 0.194. The summed E-state index contributed by atoms with van der Waals surface area (Å²) in [4.78, 5) is 0. The minimum Gasteiger partial charge on any atom is -0.381 e. The van der Waals surface area contributed by atoms with Crippen LogP contribution in [0.15, 0.2) is 0 Å². The molecule has 0 radical (unpaired) electrons. The number of hydrogen-bond acceptors (Lipinski definition) is 3. The van der Waals surface area contributed by atoms with Gasteiger partial charge in [0.25, 0.3) is 0 Å². The predicted molar refractivity (Wildman–Crippen MR) is 68.0 cm³/mol. The Kier molecular flexibility index (Phi) is 4.92. The van der Waals surface area contributed by atoms with Gasteiger partial charge in [0.2, 0.25) is 0 Å². The van der Waals surface area contributed by atoms with Crippen LogP contribution in [0.2, 0.25) is 0 Å². The molecule has 6 heteroatoms. The van der Waals surface area contributed by atoms with Gasteiger partial charge in [0.15, 0.2) is 0 Å². The Balaban J connectivity index is 1.72. The van der Waals surface area contributed by atoms with Gasteiger partial charge in [-0.15, -0.1) is 0 Å². The second kappa shape index (κ2) is 6.31. The lowest BCUT2D eigenvalue weighted by molar-refractivity contribution is -0.145. The molecule has 2 unspecified atom stereocenters. The van der Waals surface area contributed by atoms with E-state index in [-0.39, 0.29) is 12.5 Å². The summed E-state index contributed by atoms with van der Waals surface area (Å²) in [5.41, 5.74) is -0.478. The second-order valence-corrected chi connectivity index (χ2v) is 5.86. The smallest absolute Gasteiger partial charge is 0.381 e. The first-order chi connectivity index (χ1) is 9.45. The number of halogens is 3. The van der Waals surface area contributed by atoms with Crippen LogP contribution in [0.5, 0.6) is 0 Å². The lowest BCUT2D eigenvalue weighted by Crippen LogP contribution is -2.48. The molecule has 0 spiro atoms. The monoisotopic (exact) mass is 290 g/mol. The Morgan fingerprint density at radius 2 is 2.00 bits per heavy atom. The van der Waals surface area contributed by atoms with Crippen molar-refractivity contribution in [3.05, 3.63) is 0 Å². The van der Waals surface area contributed by atoms with Crippen LogP contribution in [0.25, 0.3) is 0 Å². The van der Waals surface area contributed by atoms with E-state index in [1.807, 2.05) is 0 Å². The number of ether oxygens (including phenoxy) is 1. The Hall–Kier alpha value is -0.800. The van der Waals surface area contributed by atoms with Gasteiger partial charge < -0.3 is 4.74 Å². The molecule has 0 saturated heterocycles. The van der Waals surface area contributed by atoms with Crippen LogP contribution in [0, 0.1) is 17.2 Å². The summed E-state index contributed by atoms with van der Waals surface area (Å²) >= 11 is 0. The number of hydrogen-bond donors (Lipinski definition) is 1. The molecule has 1 N–H and O–H groups in total. The largest absolute Gasteiger partial charge is 0.391 e. The molecule has 2 saturated carbocycles. The first kappa shape index (κ1) is 15.6. The van der Waals surface area contributed by atoms with Crippen LogP contribution in [-0.4, -0.2) is 31.0 Å². The fraction of sp³-hybridized carbons (Fsp3) is 0.929. The minimum absolute atomic E-state index is 0.194. The molecule has 0 bridgehead atoms. The standard InChI is InChI=1S/C14H21F3N2O/c15-14(16,17)7-9-20-8-5-11-2-1-6-13(11,10-18)19-12-3-4-12/h11-12,19H,1-9H2. The van der Waals surface area contributed by atoms with Gasteiger partial charge in [0.05, 0.1) is 19.1 Å². The van der Waals surface area contributed by atoms with Gasteiger partial charge in [0.1, 0.15) is 5.54 Å². The molecule has 20 heavy (non-hydrogen) atoms. The van der Waals surface area contributed by atoms with Crippen molar-refractivity contribution in [2.75, 3.05) is 13.2 Å². The van der Waals surface area contributed by atoms with Crippen molar-refractivity contribution in [2.24, 2.45) is 5.92 Å². The van der Waals surface area contributed by atoms with E-state index in [4.69, 9.17) is 4.74 Å². The van der Waals surface area contributed by atoms with E-state index in [0.29, 0.717) is 19.1 Å². The van der Waals surface area contributed by atoms with E-state index >= 15 is 0 Å². The third kappa shape index (κ3) is 4.35. The second-order valence-electron chi connectivity index (χ2n) is 5.86. The van der Waals surface area contributed by atoms with Gasteiger partial charge in [-0.1, -0.05) is 6.42 Å². The van der Waals surface area contributed by atoms with E-state index in [1.54, 1.807) is 0 Å². The van der Waals surface area contributed by atoms with Crippen molar-refractivity contribution >= 4 is 0 Å². The van der Waals surface area contributed by atoms with E-state index in [1.165, 1.54) is 0 Å². The molecule has 2 aliphatic rings. The molecule has 0 aromatic carbocycles. The normalized spacial score (nSPS) is 30.4. The molecule has 2 fully saturated rings. The fourth-order valence-corrected chi connectivity index (χ4v) is 2.95. The highest BCUT2D eigenvalue weighted by Gasteiger charge is 2.45. The molecule has 0 heterocycles. The number of nitrogens with zero attached hydrogens (tertiary/aromatic N) is 1. The van der Waals surface area contributed by atoms with Crippen LogP contribution >= 0.6 is 0 Å². The maximum absolute atomic E-state index is 12.0. The zero-order chi connectivity index (χ0) is 14.6. The number of alkyl halides is 3. The van der Waals surface area contributed by atoms with Crippen molar-refractivity contribution < 1.29 is 17.9 Å². The van der Waals surface area contributed by atoms with Crippen LogP contribution in [0.1, 0.15) is 44.9 Å². The molecular formula is C14H21F3N2O. The summed E-state index contributed by atoms with van der Waals surface area (Å²) in [6, 6.07) is 2.88. The quantitative estimate of drug-likeness (QED) is 0.733. The average Bonchev–Trinajstić information content (AvgIpc) is 3.09. The molecule has 114 valence electrons. The summed E-state index contributed by atoms with van der Waals surface area (Å²) in [6.07, 6.45) is 0.643. The van der Waals surface area contributed by atoms with Crippen LogP contribution in [0.3, 0.4) is 0 Å². The minimum atomic E-state index is -4.16. The summed E-state index contributed by atoms with van der Waals surface area (Å²) in [6.45, 7) is 0.0162. The fourth-order valence-electron chi connectivity index (χ4n) is 2.95. The van der Waals surface area contributed by atoms with Gasteiger partial charge in [-0.3, -0.25) is 5.32 Å². The molecular weight excluding hydrogens is 269 g/mol. The van der Waals surface area contributed by atoms with Crippen LogP contribution in [-0.2, 0) is 4.74 Å². The van der Waals surface area contributed by atoms with Crippen LogP contribution in [0.4, 0.5) is 13.2 Å². The maximum atomic E-state index is 12.0.